The van der Waals surface area contributed by atoms with Crippen molar-refractivity contribution in [3.05, 3.63) is 100 Å². The number of alkyl halides is 2. The predicted octanol–water partition coefficient (Wildman–Crippen LogP) is 6.25. The summed E-state index contributed by atoms with van der Waals surface area (Å²) in [4.78, 5) is 63.9. The number of fused-ring (bicyclic) bond motifs is 3. The van der Waals surface area contributed by atoms with E-state index in [1.165, 1.54) is 10.1 Å². The quantitative estimate of drug-likeness (QED) is 0.134. The van der Waals surface area contributed by atoms with Gasteiger partial charge in [0.15, 0.2) is 17.2 Å². The lowest BCUT2D eigenvalue weighted by atomic mass is 9.70. The van der Waals surface area contributed by atoms with Crippen molar-refractivity contribution in [2.75, 3.05) is 68.0 Å². The Balaban J connectivity index is 0.654. The van der Waals surface area contributed by atoms with Gasteiger partial charge in [-0.05, 0) is 123 Å². The van der Waals surface area contributed by atoms with E-state index in [9.17, 15) is 19.2 Å². The minimum absolute atomic E-state index is 0.128. The molecule has 2 unspecified atom stereocenters. The number of nitrogens with zero attached hydrogens (tertiary/aromatic N) is 9. The third-order valence-corrected chi connectivity index (χ3v) is 16.6. The van der Waals surface area contributed by atoms with E-state index >= 15 is 8.78 Å². The lowest BCUT2D eigenvalue weighted by molar-refractivity contribution is -0.138. The summed E-state index contributed by atoms with van der Waals surface area (Å²) in [5.41, 5.74) is 9.56. The number of benzene rings is 3. The molecule has 370 valence electrons. The number of anilines is 4. The Kier molecular flexibility index (Phi) is 11.3. The molecule has 5 aliphatic heterocycles. The number of likely N-dealkylation sites (tertiary alicyclic amines) is 2. The maximum absolute atomic E-state index is 16.2. The van der Waals surface area contributed by atoms with Gasteiger partial charge in [-0.2, -0.15) is 0 Å². The maximum Gasteiger partial charge on any atom is 0.329 e. The molecule has 18 heteroatoms. The summed E-state index contributed by atoms with van der Waals surface area (Å²) in [5.74, 6) is -3.04. The molecule has 6 aromatic rings. The molecule has 0 radical (unpaired) electrons. The molecule has 8 heterocycles. The minimum Gasteiger partial charge on any atom is -0.385 e. The van der Waals surface area contributed by atoms with Crippen molar-refractivity contribution in [3.63, 3.8) is 0 Å². The number of hydrogen-bond donors (Lipinski definition) is 3. The first kappa shape index (κ1) is 45.5. The molecule has 2 atom stereocenters. The summed E-state index contributed by atoms with van der Waals surface area (Å²) in [6, 6.07) is 21.3. The molecule has 16 nitrogen and oxygen atoms in total. The van der Waals surface area contributed by atoms with Crippen molar-refractivity contribution < 1.29 is 23.2 Å². The number of halogens is 2. The van der Waals surface area contributed by atoms with Gasteiger partial charge in [-0.3, -0.25) is 38.6 Å². The molecule has 1 aliphatic carbocycles. The predicted molar refractivity (Wildman–Crippen MR) is 268 cm³/mol. The average Bonchev–Trinajstić information content (AvgIpc) is 3.80. The largest absolute Gasteiger partial charge is 0.385 e. The van der Waals surface area contributed by atoms with Crippen LogP contribution in [0.15, 0.2) is 77.7 Å². The molecule has 12 rings (SSSR count). The molecule has 3 amide bonds. The summed E-state index contributed by atoms with van der Waals surface area (Å²) in [7, 11) is 3.56. The van der Waals surface area contributed by atoms with E-state index in [4.69, 9.17) is 5.10 Å². The van der Waals surface area contributed by atoms with Gasteiger partial charge in [0.2, 0.25) is 11.8 Å². The van der Waals surface area contributed by atoms with Gasteiger partial charge < -0.3 is 20.4 Å². The smallest absolute Gasteiger partial charge is 0.329 e. The second-order valence-electron chi connectivity index (χ2n) is 20.8. The summed E-state index contributed by atoms with van der Waals surface area (Å²) >= 11 is 0. The van der Waals surface area contributed by atoms with Crippen LogP contribution in [0.5, 0.6) is 0 Å². The van der Waals surface area contributed by atoms with Gasteiger partial charge in [-0.1, -0.05) is 36.4 Å². The summed E-state index contributed by atoms with van der Waals surface area (Å²) in [6.45, 7) is 4.60. The van der Waals surface area contributed by atoms with Crippen LogP contribution in [-0.4, -0.2) is 122 Å². The van der Waals surface area contributed by atoms with Crippen LogP contribution < -0.4 is 31.4 Å². The zero-order chi connectivity index (χ0) is 48.8. The standard InChI is InChI=1S/C53H60F2N12O4/c1-56-39-29-46(60-67-44(30-57-48(39)67)50(70)58-35-10-11-35)65-23-16-38-37(4-3-5-40(38)65)34-8-6-33(7-9-34)31-62-22-17-45(53(54,55)32-62)64-26-20-52(21-27-64)18-24-63(25-19-52)36-12-13-41-43(28-36)61(2)51(71)66(41)42-14-15-47(68)59-49(42)69/h3-9,12-13,28-30,35,42,45,56H,10-11,14-27,31-32H2,1-2H3,(H,58,70)(H,59,68,69). The fraction of sp³-hybridized carbons (Fsp3) is 0.472. The third-order valence-electron chi connectivity index (χ3n) is 16.6. The highest BCUT2D eigenvalue weighted by Gasteiger charge is 2.49. The number of imidazole rings is 2. The second-order valence-corrected chi connectivity index (χ2v) is 20.8. The number of imide groups is 1. The van der Waals surface area contributed by atoms with Crippen LogP contribution >= 0.6 is 0 Å². The molecule has 1 spiro atoms. The Bertz CT molecular complexity index is 3140. The van der Waals surface area contributed by atoms with Crippen LogP contribution in [0, 0.1) is 5.41 Å². The van der Waals surface area contributed by atoms with Crippen molar-refractivity contribution in [1.29, 1.82) is 0 Å². The number of aryl methyl sites for hydroxylation is 1. The molecule has 1 saturated carbocycles. The Labute approximate surface area is 410 Å². The van der Waals surface area contributed by atoms with Gasteiger partial charge in [0.1, 0.15) is 6.04 Å². The molecule has 3 aromatic carbocycles. The average molecular weight is 967 g/mol. The lowest BCUT2D eigenvalue weighted by Gasteiger charge is -2.51. The van der Waals surface area contributed by atoms with E-state index in [1.807, 2.05) is 36.2 Å². The van der Waals surface area contributed by atoms with E-state index < -0.39 is 23.9 Å². The molecule has 0 bridgehead atoms. The number of amides is 3. The fourth-order valence-electron chi connectivity index (χ4n) is 12.3. The normalized spacial score (nSPS) is 22.6. The first-order valence-electron chi connectivity index (χ1n) is 25.4. The van der Waals surface area contributed by atoms with Gasteiger partial charge in [0.25, 0.3) is 11.8 Å². The van der Waals surface area contributed by atoms with Gasteiger partial charge >= 0.3 is 5.69 Å². The van der Waals surface area contributed by atoms with Crippen molar-refractivity contribution in [2.24, 2.45) is 12.5 Å². The molecule has 5 fully saturated rings. The number of aromatic nitrogens is 5. The second kappa shape index (κ2) is 17.6. The number of carbonyl (C=O) groups excluding carboxylic acids is 3. The fourth-order valence-corrected chi connectivity index (χ4v) is 12.3. The molecule has 3 N–H and O–H groups in total. The van der Waals surface area contributed by atoms with Crippen LogP contribution in [0.1, 0.15) is 85.4 Å². The summed E-state index contributed by atoms with van der Waals surface area (Å²) in [6.07, 6.45) is 9.08. The van der Waals surface area contributed by atoms with Crippen LogP contribution in [0.3, 0.4) is 0 Å². The molecular weight excluding hydrogens is 907 g/mol. The summed E-state index contributed by atoms with van der Waals surface area (Å²) in [5, 5.41) is 13.6. The molecule has 6 aliphatic rings. The number of carbonyl (C=O) groups is 3. The van der Waals surface area contributed by atoms with Crippen LogP contribution in [0.25, 0.3) is 27.8 Å². The zero-order valence-corrected chi connectivity index (χ0v) is 40.3. The number of rotatable bonds is 10. The van der Waals surface area contributed by atoms with E-state index in [0.717, 1.165) is 110 Å². The van der Waals surface area contributed by atoms with Gasteiger partial charge in [-0.25, -0.2) is 23.1 Å². The summed E-state index contributed by atoms with van der Waals surface area (Å²) < 4.78 is 37.1. The highest BCUT2D eigenvalue weighted by Crippen LogP contribution is 2.45. The van der Waals surface area contributed by atoms with Gasteiger partial charge in [-0.15, -0.1) is 5.10 Å². The van der Waals surface area contributed by atoms with Crippen LogP contribution in [-0.2, 0) is 29.6 Å². The number of piperidine rings is 4. The minimum atomic E-state index is -2.83. The highest BCUT2D eigenvalue weighted by atomic mass is 19.3. The van der Waals surface area contributed by atoms with Crippen molar-refractivity contribution in [2.45, 2.75) is 94.8 Å². The number of hydrogen-bond acceptors (Lipinski definition) is 11. The number of nitrogens with one attached hydrogen (secondary N) is 3. The van der Waals surface area contributed by atoms with E-state index in [1.54, 1.807) is 22.3 Å². The third kappa shape index (κ3) is 8.21. The molecule has 3 aromatic heterocycles. The highest BCUT2D eigenvalue weighted by molar-refractivity contribution is 6.00. The van der Waals surface area contributed by atoms with Gasteiger partial charge in [0, 0.05) is 76.7 Å². The zero-order valence-electron chi connectivity index (χ0n) is 40.3. The Morgan fingerprint density at radius 2 is 1.63 bits per heavy atom. The van der Waals surface area contributed by atoms with E-state index in [-0.39, 0.29) is 41.9 Å². The first-order valence-corrected chi connectivity index (χ1v) is 25.4. The van der Waals surface area contributed by atoms with Crippen LogP contribution in [0.2, 0.25) is 0 Å². The molecular formula is C53H60F2N12O4. The topological polar surface area (TPSA) is 157 Å². The monoisotopic (exact) mass is 966 g/mol. The van der Waals surface area contributed by atoms with E-state index in [2.05, 4.69) is 78.1 Å². The Morgan fingerprint density at radius 3 is 2.37 bits per heavy atom. The van der Waals surface area contributed by atoms with Gasteiger partial charge in [0.05, 0.1) is 35.5 Å². The Morgan fingerprint density at radius 1 is 0.859 bits per heavy atom. The van der Waals surface area contributed by atoms with Crippen molar-refractivity contribution >= 4 is 57.3 Å². The Hall–Kier alpha value is -6.66. The molecule has 4 saturated heterocycles. The molecule has 71 heavy (non-hydrogen) atoms. The lowest BCUT2D eigenvalue weighted by Crippen LogP contribution is -2.60. The van der Waals surface area contributed by atoms with Crippen LogP contribution in [0.4, 0.5) is 31.7 Å². The van der Waals surface area contributed by atoms with Crippen molar-refractivity contribution in [1.82, 2.24) is 44.2 Å². The van der Waals surface area contributed by atoms with Crippen molar-refractivity contribution in [3.8, 4) is 11.1 Å². The SMILES string of the molecule is CNc1cc(N2CCc3c(-c4ccc(CN5CCC(N6CCC7(CCN(c8ccc9c(c8)n(C)c(=O)n9C8CCC(=O)NC8=O)CC7)CC6)C(F)(F)C5)cc4)cccc32)nn2c(C(=O)NC3CC3)cnc12. The van der Waals surface area contributed by atoms with E-state index in [0.29, 0.717) is 55.9 Å². The first-order chi connectivity index (χ1) is 34.3. The maximum atomic E-state index is 16.2.